The van der Waals surface area contributed by atoms with Gasteiger partial charge in [0, 0.05) is 36.8 Å². The second-order valence-electron chi connectivity index (χ2n) is 9.49. The molecule has 2 atom stereocenters. The monoisotopic (exact) mass is 514 g/mol. The summed E-state index contributed by atoms with van der Waals surface area (Å²) in [6, 6.07) is 3.20. The zero-order valence-corrected chi connectivity index (χ0v) is 21.3. The predicted octanol–water partition coefficient (Wildman–Crippen LogP) is 4.08. The van der Waals surface area contributed by atoms with Crippen molar-refractivity contribution in [2.24, 2.45) is 0 Å². The molecule has 3 aromatic rings. The number of nitrogens with zero attached hydrogens (tertiary/aromatic N) is 4. The molecular formula is C26H32F2N6O3. The van der Waals surface area contributed by atoms with Gasteiger partial charge >= 0.3 is 0 Å². The van der Waals surface area contributed by atoms with Crippen LogP contribution in [0.1, 0.15) is 25.7 Å². The highest BCUT2D eigenvalue weighted by molar-refractivity contribution is 5.92. The van der Waals surface area contributed by atoms with Gasteiger partial charge in [-0.1, -0.05) is 0 Å². The fraction of sp³-hybridized carbons (Fsp3) is 0.500. The van der Waals surface area contributed by atoms with Crippen molar-refractivity contribution >= 4 is 22.7 Å². The van der Waals surface area contributed by atoms with Crippen molar-refractivity contribution < 1.29 is 23.0 Å². The average molecular weight is 515 g/mol. The zero-order valence-electron chi connectivity index (χ0n) is 21.3. The number of hydrogen-bond donors (Lipinski definition) is 2. The van der Waals surface area contributed by atoms with Gasteiger partial charge in [0.1, 0.15) is 5.52 Å². The Kier molecular flexibility index (Phi) is 7.52. The predicted molar refractivity (Wildman–Crippen MR) is 137 cm³/mol. The van der Waals surface area contributed by atoms with Gasteiger partial charge in [-0.25, -0.2) is 23.7 Å². The summed E-state index contributed by atoms with van der Waals surface area (Å²) in [5, 5.41) is 7.32. The minimum Gasteiger partial charge on any atom is -0.494 e. The average Bonchev–Trinajstić information content (AvgIpc) is 3.32. The number of ether oxygens (including phenoxy) is 3. The SMILES string of the molecule is COc1cc(OC)c(F)c(-c2cc3cnc(NC4CCCOC4)nc3c(NCC3CCCN3C)n2)c1F. The Balaban J connectivity index is 1.58. The molecule has 4 heterocycles. The number of anilines is 2. The molecule has 5 rings (SSSR count). The largest absolute Gasteiger partial charge is 0.494 e. The van der Waals surface area contributed by atoms with E-state index in [0.717, 1.165) is 38.8 Å². The third-order valence-corrected chi connectivity index (χ3v) is 7.07. The van der Waals surface area contributed by atoms with E-state index in [1.54, 1.807) is 12.3 Å². The smallest absolute Gasteiger partial charge is 0.223 e. The molecule has 198 valence electrons. The summed E-state index contributed by atoms with van der Waals surface area (Å²) in [6.45, 7) is 3.00. The fourth-order valence-electron chi connectivity index (χ4n) is 4.96. The number of halogens is 2. The molecule has 9 nitrogen and oxygen atoms in total. The molecule has 2 aliphatic heterocycles. The minimum absolute atomic E-state index is 0.0898. The molecule has 0 radical (unpaired) electrons. The molecule has 0 amide bonds. The lowest BCUT2D eigenvalue weighted by molar-refractivity contribution is 0.0874. The third-order valence-electron chi connectivity index (χ3n) is 7.07. The van der Waals surface area contributed by atoms with Gasteiger partial charge in [0.2, 0.25) is 5.95 Å². The summed E-state index contributed by atoms with van der Waals surface area (Å²) in [4.78, 5) is 16.1. The number of aromatic nitrogens is 3. The topological polar surface area (TPSA) is 93.7 Å². The van der Waals surface area contributed by atoms with Crippen LogP contribution in [0.15, 0.2) is 18.3 Å². The maximum Gasteiger partial charge on any atom is 0.223 e. The summed E-state index contributed by atoms with van der Waals surface area (Å²) in [5.41, 5.74) is 0.321. The van der Waals surface area contributed by atoms with Gasteiger partial charge in [-0.15, -0.1) is 0 Å². The van der Waals surface area contributed by atoms with Crippen molar-refractivity contribution in [3.63, 3.8) is 0 Å². The maximum absolute atomic E-state index is 15.3. The van der Waals surface area contributed by atoms with Crippen molar-refractivity contribution in [2.45, 2.75) is 37.8 Å². The first-order valence-electron chi connectivity index (χ1n) is 12.5. The molecule has 1 aromatic carbocycles. The quantitative estimate of drug-likeness (QED) is 0.461. The van der Waals surface area contributed by atoms with Crippen LogP contribution in [0, 0.1) is 11.6 Å². The van der Waals surface area contributed by atoms with E-state index in [2.05, 4.69) is 32.5 Å². The lowest BCUT2D eigenvalue weighted by Gasteiger charge is -2.23. The molecular weight excluding hydrogens is 482 g/mol. The van der Waals surface area contributed by atoms with E-state index in [-0.39, 0.29) is 28.8 Å². The van der Waals surface area contributed by atoms with Crippen LogP contribution in [0.2, 0.25) is 0 Å². The van der Waals surface area contributed by atoms with Crippen LogP contribution in [-0.4, -0.2) is 79.5 Å². The molecule has 2 unspecified atom stereocenters. The number of likely N-dealkylation sites (tertiary alicyclic amines) is 1. The first-order chi connectivity index (χ1) is 18.0. The van der Waals surface area contributed by atoms with E-state index in [9.17, 15) is 0 Å². The highest BCUT2D eigenvalue weighted by atomic mass is 19.1. The molecule has 2 saturated heterocycles. The Bertz CT molecular complexity index is 1240. The second-order valence-corrected chi connectivity index (χ2v) is 9.49. The van der Waals surface area contributed by atoms with Gasteiger partial charge in [-0.3, -0.25) is 0 Å². The van der Waals surface area contributed by atoms with Gasteiger partial charge in [0.05, 0.1) is 38.1 Å². The van der Waals surface area contributed by atoms with E-state index in [1.807, 2.05) is 0 Å². The summed E-state index contributed by atoms with van der Waals surface area (Å²) < 4.78 is 46.5. The summed E-state index contributed by atoms with van der Waals surface area (Å²) in [5.74, 6) is -1.10. The molecule has 0 bridgehead atoms. The van der Waals surface area contributed by atoms with Crippen molar-refractivity contribution in [2.75, 3.05) is 58.2 Å². The summed E-state index contributed by atoms with van der Waals surface area (Å²) in [7, 11) is 4.72. The van der Waals surface area contributed by atoms with Gasteiger partial charge in [0.25, 0.3) is 0 Å². The van der Waals surface area contributed by atoms with E-state index in [4.69, 9.17) is 19.2 Å². The molecule has 0 saturated carbocycles. The van der Waals surface area contributed by atoms with E-state index >= 15 is 8.78 Å². The molecule has 0 aliphatic carbocycles. The number of benzene rings is 1. The third kappa shape index (κ3) is 5.24. The lowest BCUT2D eigenvalue weighted by Crippen LogP contribution is -2.32. The first kappa shape index (κ1) is 25.3. The minimum atomic E-state index is -0.856. The standard InChI is InChI=1S/C26H32F2N6O3/c1-34-8-4-7-17(34)13-29-25-24-15(12-30-26(33-24)31-16-6-5-9-37-14-16)10-18(32-25)21-22(27)19(35-2)11-20(36-3)23(21)28/h10-12,16-17H,4-9,13-14H2,1-3H3,(H,29,32)(H,30,31,33). The number of likely N-dealkylation sites (N-methyl/N-ethyl adjacent to an activating group) is 1. The summed E-state index contributed by atoms with van der Waals surface area (Å²) in [6.07, 6.45) is 5.75. The molecule has 2 aliphatic rings. The maximum atomic E-state index is 15.3. The van der Waals surface area contributed by atoms with Crippen LogP contribution >= 0.6 is 0 Å². The number of pyridine rings is 1. The zero-order chi connectivity index (χ0) is 25.9. The summed E-state index contributed by atoms with van der Waals surface area (Å²) >= 11 is 0. The Hall–Kier alpha value is -3.31. The number of fused-ring (bicyclic) bond motifs is 1. The van der Waals surface area contributed by atoms with Crippen LogP contribution < -0.4 is 20.1 Å². The molecule has 11 heteroatoms. The van der Waals surface area contributed by atoms with Crippen LogP contribution in [0.3, 0.4) is 0 Å². The van der Waals surface area contributed by atoms with Crippen molar-refractivity contribution in [3.05, 3.63) is 30.0 Å². The number of nitrogens with one attached hydrogen (secondary N) is 2. The Labute approximate surface area is 214 Å². The Morgan fingerprint density at radius 1 is 1.08 bits per heavy atom. The van der Waals surface area contributed by atoms with Gasteiger partial charge in [-0.2, -0.15) is 0 Å². The molecule has 37 heavy (non-hydrogen) atoms. The van der Waals surface area contributed by atoms with E-state index < -0.39 is 11.6 Å². The van der Waals surface area contributed by atoms with E-state index in [1.165, 1.54) is 20.3 Å². The van der Waals surface area contributed by atoms with Crippen LogP contribution in [0.25, 0.3) is 22.2 Å². The molecule has 2 N–H and O–H groups in total. The Morgan fingerprint density at radius 3 is 2.51 bits per heavy atom. The van der Waals surface area contributed by atoms with Gasteiger partial charge in [-0.05, 0) is 45.3 Å². The second kappa shape index (κ2) is 11.0. The number of rotatable bonds is 8. The van der Waals surface area contributed by atoms with Crippen molar-refractivity contribution in [1.29, 1.82) is 0 Å². The molecule has 2 fully saturated rings. The number of hydrogen-bond acceptors (Lipinski definition) is 9. The van der Waals surface area contributed by atoms with Crippen LogP contribution in [0.4, 0.5) is 20.5 Å². The molecule has 2 aromatic heterocycles. The lowest BCUT2D eigenvalue weighted by atomic mass is 10.1. The first-order valence-corrected chi connectivity index (χ1v) is 12.5. The van der Waals surface area contributed by atoms with Crippen LogP contribution in [-0.2, 0) is 4.74 Å². The van der Waals surface area contributed by atoms with Crippen molar-refractivity contribution in [1.82, 2.24) is 19.9 Å². The van der Waals surface area contributed by atoms with Crippen molar-refractivity contribution in [3.8, 4) is 22.8 Å². The van der Waals surface area contributed by atoms with Gasteiger partial charge < -0.3 is 29.7 Å². The van der Waals surface area contributed by atoms with Gasteiger partial charge in [0.15, 0.2) is 29.0 Å². The normalized spacial score (nSPS) is 20.2. The van der Waals surface area contributed by atoms with E-state index in [0.29, 0.717) is 41.9 Å². The Morgan fingerprint density at radius 2 is 1.86 bits per heavy atom. The number of methoxy groups -OCH3 is 2. The highest BCUT2D eigenvalue weighted by Gasteiger charge is 2.25. The fourth-order valence-corrected chi connectivity index (χ4v) is 4.96. The highest BCUT2D eigenvalue weighted by Crippen LogP contribution is 2.38. The van der Waals surface area contributed by atoms with Crippen LogP contribution in [0.5, 0.6) is 11.5 Å². The molecule has 0 spiro atoms.